The van der Waals surface area contributed by atoms with E-state index in [2.05, 4.69) is 15.0 Å². The summed E-state index contributed by atoms with van der Waals surface area (Å²) in [5.74, 6) is 0. The first-order valence-corrected chi connectivity index (χ1v) is 9.07. The summed E-state index contributed by atoms with van der Waals surface area (Å²) in [5, 5.41) is 7.87. The zero-order chi connectivity index (χ0) is 16.4. The van der Waals surface area contributed by atoms with Gasteiger partial charge in [-0.1, -0.05) is 5.16 Å². The molecule has 0 spiro atoms. The Balaban J connectivity index is 1.83. The summed E-state index contributed by atoms with van der Waals surface area (Å²) in [6.07, 6.45) is 5.91. The van der Waals surface area contributed by atoms with Crippen molar-refractivity contribution in [2.75, 3.05) is 6.61 Å². The van der Waals surface area contributed by atoms with Crippen LogP contribution in [0.2, 0.25) is 0 Å². The average Bonchev–Trinajstić information content (AvgIpc) is 3.16. The van der Waals surface area contributed by atoms with Crippen LogP contribution in [0.4, 0.5) is 0 Å². The lowest BCUT2D eigenvalue weighted by Gasteiger charge is -2.31. The van der Waals surface area contributed by atoms with E-state index in [0.29, 0.717) is 18.7 Å². The van der Waals surface area contributed by atoms with Crippen LogP contribution in [0.15, 0.2) is 28.1 Å². The van der Waals surface area contributed by atoms with Crippen LogP contribution in [0.5, 0.6) is 0 Å². The molecule has 0 aliphatic carbocycles. The third-order valence-electron chi connectivity index (χ3n) is 3.93. The van der Waals surface area contributed by atoms with Crippen molar-refractivity contribution in [3.63, 3.8) is 0 Å². The maximum Gasteiger partial charge on any atom is 0.246 e. The van der Waals surface area contributed by atoms with Crippen LogP contribution in [0.3, 0.4) is 0 Å². The Labute approximate surface area is 134 Å². The molecule has 8 nitrogen and oxygen atoms in total. The van der Waals surface area contributed by atoms with E-state index in [-0.39, 0.29) is 17.0 Å². The van der Waals surface area contributed by atoms with Crippen molar-refractivity contribution in [2.45, 2.75) is 50.3 Å². The number of ether oxygens (including phenoxy) is 1. The number of hydrogen-bond acceptors (Lipinski definition) is 6. The van der Waals surface area contributed by atoms with Crippen molar-refractivity contribution in [1.82, 2.24) is 19.7 Å². The van der Waals surface area contributed by atoms with Gasteiger partial charge in [-0.15, -0.1) is 0 Å². The van der Waals surface area contributed by atoms with Crippen molar-refractivity contribution in [3.8, 4) is 0 Å². The van der Waals surface area contributed by atoms with Gasteiger partial charge in [-0.3, -0.25) is 4.68 Å². The van der Waals surface area contributed by atoms with E-state index in [1.54, 1.807) is 17.8 Å². The number of sulfonamides is 1. The molecular weight excluding hydrogens is 320 g/mol. The van der Waals surface area contributed by atoms with E-state index >= 15 is 0 Å². The van der Waals surface area contributed by atoms with Gasteiger partial charge in [-0.05, 0) is 26.7 Å². The lowest BCUT2D eigenvalue weighted by Crippen LogP contribution is -2.42. The summed E-state index contributed by atoms with van der Waals surface area (Å²) < 4.78 is 40.1. The van der Waals surface area contributed by atoms with Crippen LogP contribution < -0.4 is 4.72 Å². The van der Waals surface area contributed by atoms with Crippen LogP contribution in [-0.2, 0) is 21.3 Å². The van der Waals surface area contributed by atoms with Gasteiger partial charge in [0.1, 0.15) is 23.0 Å². The lowest BCUT2D eigenvalue weighted by atomic mass is 9.99. The second-order valence-electron chi connectivity index (χ2n) is 5.55. The van der Waals surface area contributed by atoms with Crippen LogP contribution >= 0.6 is 0 Å². The molecule has 0 unspecified atom stereocenters. The number of rotatable bonds is 5. The van der Waals surface area contributed by atoms with Gasteiger partial charge in [-0.25, -0.2) is 13.1 Å². The molecule has 2 aromatic rings. The Bertz CT molecular complexity index is 767. The van der Waals surface area contributed by atoms with Gasteiger partial charge >= 0.3 is 0 Å². The highest BCUT2D eigenvalue weighted by Gasteiger charge is 2.33. The van der Waals surface area contributed by atoms with Crippen molar-refractivity contribution in [2.24, 2.45) is 0 Å². The molecule has 1 N–H and O–H groups in total. The molecule has 2 atom stereocenters. The molecule has 0 amide bonds. The summed E-state index contributed by atoms with van der Waals surface area (Å²) in [7, 11) is -3.70. The van der Waals surface area contributed by atoms with Crippen LogP contribution in [0, 0.1) is 6.92 Å². The Hall–Kier alpha value is -1.71. The second kappa shape index (κ2) is 6.42. The standard InChI is InChI=1S/C14H20N4O4S/c1-3-18-8-11(7-15-18)14-12(5-4-6-21-14)17-23(19,20)13-9-22-16-10(13)2/h7-9,12,14,17H,3-6H2,1-2H3/t12-,14+/m1/s1. The van der Waals surface area contributed by atoms with Gasteiger partial charge < -0.3 is 9.26 Å². The largest absolute Gasteiger partial charge is 0.372 e. The van der Waals surface area contributed by atoms with Crippen LogP contribution in [0.1, 0.15) is 37.1 Å². The normalized spacial score (nSPS) is 22.3. The summed E-state index contributed by atoms with van der Waals surface area (Å²) in [5.41, 5.74) is 1.21. The second-order valence-corrected chi connectivity index (χ2v) is 7.24. The number of hydrogen-bond donors (Lipinski definition) is 1. The molecule has 1 aliphatic rings. The average molecular weight is 340 g/mol. The van der Waals surface area contributed by atoms with Crippen molar-refractivity contribution < 1.29 is 17.7 Å². The molecule has 1 aliphatic heterocycles. The van der Waals surface area contributed by atoms with Crippen molar-refractivity contribution in [3.05, 3.63) is 29.9 Å². The van der Waals surface area contributed by atoms with Crippen LogP contribution in [-0.4, -0.2) is 36.0 Å². The molecular formula is C14H20N4O4S. The monoisotopic (exact) mass is 340 g/mol. The minimum atomic E-state index is -3.70. The highest BCUT2D eigenvalue weighted by Crippen LogP contribution is 2.29. The Kier molecular flexibility index (Phi) is 4.51. The fourth-order valence-corrected chi connectivity index (χ4v) is 4.10. The molecule has 1 fully saturated rings. The van der Waals surface area contributed by atoms with E-state index in [0.717, 1.165) is 24.8 Å². The fraction of sp³-hybridized carbons (Fsp3) is 0.571. The first kappa shape index (κ1) is 16.2. The smallest absolute Gasteiger partial charge is 0.246 e. The van der Waals surface area contributed by atoms with Gasteiger partial charge in [0, 0.05) is 24.9 Å². The summed E-state index contributed by atoms with van der Waals surface area (Å²) in [6.45, 7) is 4.95. The first-order valence-electron chi connectivity index (χ1n) is 7.58. The molecule has 126 valence electrons. The molecule has 0 radical (unpaired) electrons. The van der Waals surface area contributed by atoms with Gasteiger partial charge in [0.15, 0.2) is 0 Å². The third-order valence-corrected chi connectivity index (χ3v) is 5.51. The summed E-state index contributed by atoms with van der Waals surface area (Å²) in [4.78, 5) is 0.0612. The SMILES string of the molecule is CCn1cc([C@@H]2OCCC[C@H]2NS(=O)(=O)c2conc2C)cn1. The minimum absolute atomic E-state index is 0.0612. The number of nitrogens with zero attached hydrogens (tertiary/aromatic N) is 3. The lowest BCUT2D eigenvalue weighted by molar-refractivity contribution is -0.00448. The maximum absolute atomic E-state index is 12.5. The van der Waals surface area contributed by atoms with Gasteiger partial charge in [0.2, 0.25) is 10.0 Å². The van der Waals surface area contributed by atoms with E-state index in [1.807, 2.05) is 13.1 Å². The molecule has 0 saturated carbocycles. The molecule has 2 aromatic heterocycles. The molecule has 0 bridgehead atoms. The summed E-state index contributed by atoms with van der Waals surface area (Å²) >= 11 is 0. The van der Waals surface area contributed by atoms with Crippen LogP contribution in [0.25, 0.3) is 0 Å². The van der Waals surface area contributed by atoms with Crippen molar-refractivity contribution in [1.29, 1.82) is 0 Å². The maximum atomic E-state index is 12.5. The van der Waals surface area contributed by atoms with Gasteiger partial charge in [0.05, 0.1) is 12.2 Å². The van der Waals surface area contributed by atoms with E-state index in [1.165, 1.54) is 0 Å². The first-order chi connectivity index (χ1) is 11.0. The van der Waals surface area contributed by atoms with Crippen molar-refractivity contribution >= 4 is 10.0 Å². The Morgan fingerprint density at radius 2 is 2.30 bits per heavy atom. The zero-order valence-electron chi connectivity index (χ0n) is 13.1. The van der Waals surface area contributed by atoms with E-state index in [9.17, 15) is 8.42 Å². The topological polar surface area (TPSA) is 99.2 Å². The summed E-state index contributed by atoms with van der Waals surface area (Å²) in [6, 6.07) is -0.349. The zero-order valence-corrected chi connectivity index (χ0v) is 13.9. The quantitative estimate of drug-likeness (QED) is 0.883. The molecule has 3 rings (SSSR count). The molecule has 23 heavy (non-hydrogen) atoms. The Morgan fingerprint density at radius 1 is 1.48 bits per heavy atom. The van der Waals surface area contributed by atoms with E-state index < -0.39 is 10.0 Å². The number of aryl methyl sites for hydroxylation is 2. The Morgan fingerprint density at radius 3 is 2.96 bits per heavy atom. The van der Waals surface area contributed by atoms with Gasteiger partial charge in [0.25, 0.3) is 0 Å². The predicted molar refractivity (Wildman–Crippen MR) is 81.2 cm³/mol. The highest BCUT2D eigenvalue weighted by atomic mass is 32.2. The van der Waals surface area contributed by atoms with E-state index in [4.69, 9.17) is 9.26 Å². The minimum Gasteiger partial charge on any atom is -0.372 e. The van der Waals surface area contributed by atoms with Gasteiger partial charge in [-0.2, -0.15) is 5.10 Å². The number of nitrogens with one attached hydrogen (secondary N) is 1. The highest BCUT2D eigenvalue weighted by molar-refractivity contribution is 7.89. The fourth-order valence-electron chi connectivity index (χ4n) is 2.73. The number of aromatic nitrogens is 3. The predicted octanol–water partition coefficient (Wildman–Crippen LogP) is 1.40. The third kappa shape index (κ3) is 3.31. The molecule has 9 heteroatoms. The molecule has 0 aromatic carbocycles. The molecule has 1 saturated heterocycles. The molecule has 3 heterocycles.